The second-order valence-electron chi connectivity index (χ2n) is 9.87. The number of nitrogens with one attached hydrogen (secondary N) is 1. The van der Waals surface area contributed by atoms with Crippen LogP contribution < -0.4 is 0 Å². The number of fused-ring (bicyclic) bond motifs is 1. The van der Waals surface area contributed by atoms with Crippen molar-refractivity contribution in [1.82, 2.24) is 14.8 Å². The highest BCUT2D eigenvalue weighted by Gasteiger charge is 2.38. The summed E-state index contributed by atoms with van der Waals surface area (Å²) in [5.74, 6) is 1.70. The van der Waals surface area contributed by atoms with E-state index in [1.807, 2.05) is 24.4 Å². The number of amides is 1. The molecule has 0 aliphatic carbocycles. The van der Waals surface area contributed by atoms with Gasteiger partial charge in [-0.15, -0.1) is 0 Å². The summed E-state index contributed by atoms with van der Waals surface area (Å²) in [6, 6.07) is 21.3. The number of benzene rings is 2. The number of rotatable bonds is 5. The van der Waals surface area contributed by atoms with Crippen LogP contribution in [0.3, 0.4) is 0 Å². The maximum Gasteiger partial charge on any atom is 0.256 e. The molecule has 0 spiro atoms. The minimum atomic E-state index is 0.151. The van der Waals surface area contributed by atoms with E-state index in [0.717, 1.165) is 49.2 Å². The molecule has 0 bridgehead atoms. The number of aromatic nitrogens is 1. The second-order valence-corrected chi connectivity index (χ2v) is 10.6. The molecule has 5 heteroatoms. The van der Waals surface area contributed by atoms with Crippen LogP contribution in [0.25, 0.3) is 10.9 Å². The van der Waals surface area contributed by atoms with Crippen molar-refractivity contribution < 1.29 is 4.79 Å². The molecule has 6 rings (SSSR count). The number of hydrogen-bond donors (Lipinski definition) is 1. The normalized spacial score (nSPS) is 21.9. The second kappa shape index (κ2) is 9.40. The van der Waals surface area contributed by atoms with Crippen LogP contribution in [0.1, 0.15) is 46.2 Å². The Morgan fingerprint density at radius 1 is 0.941 bits per heavy atom. The minimum Gasteiger partial charge on any atom is -0.361 e. The van der Waals surface area contributed by atoms with E-state index in [0.29, 0.717) is 17.8 Å². The lowest BCUT2D eigenvalue weighted by atomic mass is 9.87. The summed E-state index contributed by atoms with van der Waals surface area (Å²) in [5, 5.41) is 5.54. The van der Waals surface area contributed by atoms with Crippen molar-refractivity contribution in [2.24, 2.45) is 5.92 Å². The van der Waals surface area contributed by atoms with Crippen molar-refractivity contribution in [1.29, 1.82) is 0 Å². The van der Waals surface area contributed by atoms with Crippen LogP contribution in [0.4, 0.5) is 0 Å². The summed E-state index contributed by atoms with van der Waals surface area (Å²) >= 11 is 1.76. The topological polar surface area (TPSA) is 39.3 Å². The average molecular weight is 470 g/mol. The van der Waals surface area contributed by atoms with Gasteiger partial charge in [-0.1, -0.05) is 42.5 Å². The highest BCUT2D eigenvalue weighted by molar-refractivity contribution is 7.08. The Hall–Kier alpha value is -2.89. The van der Waals surface area contributed by atoms with E-state index >= 15 is 0 Å². The summed E-state index contributed by atoms with van der Waals surface area (Å²) < 4.78 is 0. The summed E-state index contributed by atoms with van der Waals surface area (Å²) in [5.41, 5.74) is 4.61. The molecule has 2 fully saturated rings. The number of nitrogens with zero attached hydrogens (tertiary/aromatic N) is 2. The summed E-state index contributed by atoms with van der Waals surface area (Å²) in [6.45, 7) is 4.98. The third kappa shape index (κ3) is 4.19. The van der Waals surface area contributed by atoms with Gasteiger partial charge in [-0.05, 0) is 77.9 Å². The summed E-state index contributed by atoms with van der Waals surface area (Å²) in [7, 11) is 0. The molecule has 0 saturated carbocycles. The first-order valence-corrected chi connectivity index (χ1v) is 13.4. The fourth-order valence-electron chi connectivity index (χ4n) is 6.02. The molecular formula is C29H31N3OS. The molecule has 4 aromatic rings. The molecule has 174 valence electrons. The maximum absolute atomic E-state index is 13.6. The van der Waals surface area contributed by atoms with Crippen LogP contribution in [0.5, 0.6) is 0 Å². The Morgan fingerprint density at radius 3 is 2.59 bits per heavy atom. The van der Waals surface area contributed by atoms with E-state index in [1.54, 1.807) is 11.3 Å². The molecular weight excluding hydrogens is 438 g/mol. The average Bonchev–Trinajstić information content (AvgIpc) is 3.65. The van der Waals surface area contributed by atoms with Crippen LogP contribution in [-0.4, -0.2) is 53.4 Å². The number of H-pyrrole nitrogens is 1. The molecule has 2 aromatic heterocycles. The fourth-order valence-corrected chi connectivity index (χ4v) is 6.75. The minimum absolute atomic E-state index is 0.151. The van der Waals surface area contributed by atoms with E-state index < -0.39 is 0 Å². The Labute approximate surface area is 205 Å². The summed E-state index contributed by atoms with van der Waals surface area (Å²) in [6.07, 6.45) is 4.36. The number of hydrogen-bond acceptors (Lipinski definition) is 3. The molecule has 2 unspecified atom stereocenters. The number of thiophene rings is 1. The van der Waals surface area contributed by atoms with Gasteiger partial charge in [0.2, 0.25) is 0 Å². The molecule has 4 nitrogen and oxygen atoms in total. The molecule has 2 atom stereocenters. The van der Waals surface area contributed by atoms with E-state index in [4.69, 9.17) is 0 Å². The SMILES string of the molecule is O=C(c1cccc2cc[nH]c12)N1CC(CN2CCC(c3ccccc3)CC2)C(c2ccsc2)C1. The van der Waals surface area contributed by atoms with Crippen molar-refractivity contribution in [3.8, 4) is 0 Å². The Bertz CT molecular complexity index is 1240. The van der Waals surface area contributed by atoms with Gasteiger partial charge in [-0.3, -0.25) is 4.79 Å². The van der Waals surface area contributed by atoms with Gasteiger partial charge in [0.1, 0.15) is 0 Å². The molecule has 34 heavy (non-hydrogen) atoms. The van der Waals surface area contributed by atoms with Crippen molar-refractivity contribution in [2.75, 3.05) is 32.7 Å². The molecule has 1 amide bonds. The highest BCUT2D eigenvalue weighted by atomic mass is 32.1. The lowest BCUT2D eigenvalue weighted by Gasteiger charge is -2.34. The first-order valence-electron chi connectivity index (χ1n) is 12.4. The van der Waals surface area contributed by atoms with Gasteiger partial charge < -0.3 is 14.8 Å². The third-order valence-electron chi connectivity index (χ3n) is 7.87. The van der Waals surface area contributed by atoms with Gasteiger partial charge in [0.25, 0.3) is 5.91 Å². The van der Waals surface area contributed by atoms with Crippen LogP contribution in [0.15, 0.2) is 77.6 Å². The fraction of sp³-hybridized carbons (Fsp3) is 0.345. The number of carbonyl (C=O) groups excluding carboxylic acids is 1. The van der Waals surface area contributed by atoms with Crippen molar-refractivity contribution in [2.45, 2.75) is 24.7 Å². The Morgan fingerprint density at radius 2 is 1.79 bits per heavy atom. The van der Waals surface area contributed by atoms with Crippen molar-refractivity contribution in [3.63, 3.8) is 0 Å². The zero-order valence-corrected chi connectivity index (χ0v) is 20.2. The van der Waals surface area contributed by atoms with E-state index in [2.05, 4.69) is 68.0 Å². The highest BCUT2D eigenvalue weighted by Crippen LogP contribution is 2.37. The quantitative estimate of drug-likeness (QED) is 0.391. The van der Waals surface area contributed by atoms with Gasteiger partial charge in [-0.2, -0.15) is 11.3 Å². The van der Waals surface area contributed by atoms with E-state index in [1.165, 1.54) is 24.0 Å². The van der Waals surface area contributed by atoms with Crippen LogP contribution in [0.2, 0.25) is 0 Å². The third-order valence-corrected chi connectivity index (χ3v) is 8.57. The Balaban J connectivity index is 1.17. The zero-order valence-electron chi connectivity index (χ0n) is 19.4. The molecule has 2 saturated heterocycles. The summed E-state index contributed by atoms with van der Waals surface area (Å²) in [4.78, 5) is 21.6. The first-order chi connectivity index (χ1) is 16.8. The number of piperidine rings is 1. The largest absolute Gasteiger partial charge is 0.361 e. The van der Waals surface area contributed by atoms with Gasteiger partial charge in [0, 0.05) is 37.1 Å². The smallest absolute Gasteiger partial charge is 0.256 e. The van der Waals surface area contributed by atoms with E-state index in [9.17, 15) is 4.79 Å². The lowest BCUT2D eigenvalue weighted by molar-refractivity contribution is 0.0783. The molecule has 2 aliphatic rings. The Kier molecular flexibility index (Phi) is 5.98. The van der Waals surface area contributed by atoms with Gasteiger partial charge >= 0.3 is 0 Å². The van der Waals surface area contributed by atoms with Crippen LogP contribution in [-0.2, 0) is 0 Å². The lowest BCUT2D eigenvalue weighted by Crippen LogP contribution is -2.38. The first kappa shape index (κ1) is 21.6. The molecule has 2 aromatic carbocycles. The molecule has 0 radical (unpaired) electrons. The van der Waals surface area contributed by atoms with Crippen LogP contribution in [0, 0.1) is 5.92 Å². The van der Waals surface area contributed by atoms with Gasteiger partial charge in [0.15, 0.2) is 0 Å². The number of para-hydroxylation sites is 1. The van der Waals surface area contributed by atoms with Gasteiger partial charge in [0.05, 0.1) is 11.1 Å². The predicted octanol–water partition coefficient (Wildman–Crippen LogP) is 5.96. The van der Waals surface area contributed by atoms with E-state index in [-0.39, 0.29) is 5.91 Å². The monoisotopic (exact) mass is 469 g/mol. The zero-order chi connectivity index (χ0) is 22.9. The molecule has 2 aliphatic heterocycles. The predicted molar refractivity (Wildman–Crippen MR) is 140 cm³/mol. The van der Waals surface area contributed by atoms with Crippen LogP contribution >= 0.6 is 11.3 Å². The molecule has 4 heterocycles. The number of likely N-dealkylation sites (tertiary alicyclic amines) is 2. The number of carbonyl (C=O) groups is 1. The standard InChI is InChI=1S/C29H31N3OS/c33-29(26-8-4-7-23-9-13-30-28(23)26)32-18-25(27(19-32)24-12-16-34-20-24)17-31-14-10-22(11-15-31)21-5-2-1-3-6-21/h1-9,12-13,16,20,22,25,27,30H,10-11,14-15,17-19H2. The number of aromatic amines is 1. The van der Waals surface area contributed by atoms with Crippen molar-refractivity contribution in [3.05, 3.63) is 94.3 Å². The van der Waals surface area contributed by atoms with Crippen molar-refractivity contribution >= 4 is 28.1 Å². The van der Waals surface area contributed by atoms with Gasteiger partial charge in [-0.25, -0.2) is 0 Å². The molecule has 1 N–H and O–H groups in total. The maximum atomic E-state index is 13.6.